The van der Waals surface area contributed by atoms with E-state index < -0.39 is 0 Å². The summed E-state index contributed by atoms with van der Waals surface area (Å²) in [5, 5.41) is 0. The van der Waals surface area contributed by atoms with Gasteiger partial charge in [0.05, 0.1) is 13.5 Å². The monoisotopic (exact) mass is 296 g/mol. The van der Waals surface area contributed by atoms with Gasteiger partial charge in [0, 0.05) is 11.0 Å². The van der Waals surface area contributed by atoms with E-state index in [1.165, 1.54) is 5.56 Å². The zero-order valence-electron chi connectivity index (χ0n) is 13.0. The molecular weight excluding hydrogens is 276 g/mol. The number of rotatable bonds is 4. The molecule has 0 aromatic heterocycles. The second-order valence-electron chi connectivity index (χ2n) is 6.06. The standard InChI is InChI=1S/C19H20O3/c1-19(11-10-14-6-4-3-5-7-14)13-18(20)22-17-9-8-15(21-2)12-16(17)19/h3-9,12H,10-11,13H2,1-2H3/t19-/m1/s1. The highest BCUT2D eigenvalue weighted by Gasteiger charge is 2.37. The van der Waals surface area contributed by atoms with Crippen LogP contribution in [-0.2, 0) is 16.6 Å². The summed E-state index contributed by atoms with van der Waals surface area (Å²) in [6, 6.07) is 16.0. The molecule has 1 aliphatic rings. The maximum absolute atomic E-state index is 12.0. The maximum atomic E-state index is 12.0. The van der Waals surface area contributed by atoms with Crippen molar-refractivity contribution in [3.8, 4) is 11.5 Å². The van der Waals surface area contributed by atoms with Crippen LogP contribution in [0.25, 0.3) is 0 Å². The van der Waals surface area contributed by atoms with Gasteiger partial charge in [0.15, 0.2) is 0 Å². The molecular formula is C19H20O3. The zero-order chi connectivity index (χ0) is 15.6. The molecule has 0 saturated carbocycles. The van der Waals surface area contributed by atoms with Crippen LogP contribution in [0.5, 0.6) is 11.5 Å². The Balaban J connectivity index is 1.90. The van der Waals surface area contributed by atoms with Crippen molar-refractivity contribution in [2.45, 2.75) is 31.6 Å². The van der Waals surface area contributed by atoms with E-state index in [1.54, 1.807) is 7.11 Å². The molecule has 0 bridgehead atoms. The van der Waals surface area contributed by atoms with E-state index in [1.807, 2.05) is 36.4 Å². The maximum Gasteiger partial charge on any atom is 0.312 e. The van der Waals surface area contributed by atoms with Crippen LogP contribution < -0.4 is 9.47 Å². The van der Waals surface area contributed by atoms with Crippen molar-refractivity contribution in [3.05, 3.63) is 59.7 Å². The Morgan fingerprint density at radius 2 is 1.95 bits per heavy atom. The minimum absolute atomic E-state index is 0.159. The first-order chi connectivity index (χ1) is 10.6. The van der Waals surface area contributed by atoms with E-state index in [9.17, 15) is 4.79 Å². The van der Waals surface area contributed by atoms with Gasteiger partial charge in [0.1, 0.15) is 11.5 Å². The Bertz CT molecular complexity index is 678. The van der Waals surface area contributed by atoms with Crippen LogP contribution in [0.4, 0.5) is 0 Å². The molecule has 1 aliphatic heterocycles. The quantitative estimate of drug-likeness (QED) is 0.634. The lowest BCUT2D eigenvalue weighted by Gasteiger charge is -2.34. The first-order valence-electron chi connectivity index (χ1n) is 7.54. The summed E-state index contributed by atoms with van der Waals surface area (Å²) in [6.07, 6.45) is 2.23. The zero-order valence-corrected chi connectivity index (χ0v) is 13.0. The minimum atomic E-state index is -0.227. The Morgan fingerprint density at radius 3 is 2.68 bits per heavy atom. The number of methoxy groups -OCH3 is 1. The van der Waals surface area contributed by atoms with Gasteiger partial charge in [-0.25, -0.2) is 0 Å². The number of hydrogen-bond acceptors (Lipinski definition) is 3. The summed E-state index contributed by atoms with van der Waals surface area (Å²) in [5.41, 5.74) is 2.11. The summed E-state index contributed by atoms with van der Waals surface area (Å²) in [4.78, 5) is 12.0. The number of benzene rings is 2. The number of hydrogen-bond donors (Lipinski definition) is 0. The first-order valence-corrected chi connectivity index (χ1v) is 7.54. The van der Waals surface area contributed by atoms with E-state index in [0.29, 0.717) is 12.2 Å². The average molecular weight is 296 g/mol. The molecule has 3 nitrogen and oxygen atoms in total. The molecule has 1 heterocycles. The van der Waals surface area contributed by atoms with Crippen LogP contribution in [-0.4, -0.2) is 13.1 Å². The van der Waals surface area contributed by atoms with Crippen molar-refractivity contribution in [3.63, 3.8) is 0 Å². The van der Waals surface area contributed by atoms with Crippen LogP contribution in [0.15, 0.2) is 48.5 Å². The van der Waals surface area contributed by atoms with Crippen LogP contribution in [0.1, 0.15) is 30.9 Å². The fraction of sp³-hybridized carbons (Fsp3) is 0.316. The van der Waals surface area contributed by atoms with Gasteiger partial charge in [-0.2, -0.15) is 0 Å². The number of fused-ring (bicyclic) bond motifs is 1. The van der Waals surface area contributed by atoms with Gasteiger partial charge >= 0.3 is 5.97 Å². The van der Waals surface area contributed by atoms with Gasteiger partial charge in [0.25, 0.3) is 0 Å². The van der Waals surface area contributed by atoms with Crippen LogP contribution in [0.3, 0.4) is 0 Å². The summed E-state index contributed by atoms with van der Waals surface area (Å²) in [6.45, 7) is 2.13. The molecule has 3 rings (SSSR count). The molecule has 2 aromatic rings. The predicted octanol–water partition coefficient (Wildman–Crippen LogP) is 3.89. The largest absolute Gasteiger partial charge is 0.497 e. The molecule has 0 amide bonds. The molecule has 3 heteroatoms. The fourth-order valence-corrected chi connectivity index (χ4v) is 3.06. The Labute approximate surface area is 130 Å². The van der Waals surface area contributed by atoms with Crippen molar-refractivity contribution in [1.29, 1.82) is 0 Å². The normalized spacial score (nSPS) is 20.2. The molecule has 0 N–H and O–H groups in total. The summed E-state index contributed by atoms with van der Waals surface area (Å²) >= 11 is 0. The van der Waals surface area contributed by atoms with Gasteiger partial charge < -0.3 is 9.47 Å². The molecule has 0 aliphatic carbocycles. The minimum Gasteiger partial charge on any atom is -0.497 e. The van der Waals surface area contributed by atoms with E-state index in [0.717, 1.165) is 24.2 Å². The average Bonchev–Trinajstić information content (AvgIpc) is 2.54. The van der Waals surface area contributed by atoms with E-state index in [2.05, 4.69) is 19.1 Å². The summed E-state index contributed by atoms with van der Waals surface area (Å²) in [5.74, 6) is 1.29. The number of esters is 1. The van der Waals surface area contributed by atoms with E-state index in [-0.39, 0.29) is 11.4 Å². The van der Waals surface area contributed by atoms with Gasteiger partial charge in [-0.15, -0.1) is 0 Å². The molecule has 0 fully saturated rings. The number of carbonyl (C=O) groups is 1. The van der Waals surface area contributed by atoms with Crippen molar-refractivity contribution in [2.24, 2.45) is 0 Å². The van der Waals surface area contributed by atoms with E-state index in [4.69, 9.17) is 9.47 Å². The lowest BCUT2D eigenvalue weighted by atomic mass is 9.73. The number of ether oxygens (including phenoxy) is 2. The first kappa shape index (κ1) is 14.6. The second kappa shape index (κ2) is 5.84. The van der Waals surface area contributed by atoms with Crippen LogP contribution >= 0.6 is 0 Å². The third-order valence-electron chi connectivity index (χ3n) is 4.40. The van der Waals surface area contributed by atoms with Gasteiger partial charge in [-0.3, -0.25) is 4.79 Å². The van der Waals surface area contributed by atoms with Gasteiger partial charge in [-0.05, 0) is 36.6 Å². The highest BCUT2D eigenvalue weighted by Crippen LogP contribution is 2.43. The molecule has 0 spiro atoms. The molecule has 1 atom stereocenters. The fourth-order valence-electron chi connectivity index (χ4n) is 3.06. The van der Waals surface area contributed by atoms with Crippen molar-refractivity contribution in [2.75, 3.05) is 7.11 Å². The highest BCUT2D eigenvalue weighted by atomic mass is 16.5. The Morgan fingerprint density at radius 1 is 1.18 bits per heavy atom. The third-order valence-corrected chi connectivity index (χ3v) is 4.40. The summed E-state index contributed by atoms with van der Waals surface area (Å²) < 4.78 is 10.7. The predicted molar refractivity (Wildman–Crippen MR) is 85.4 cm³/mol. The Hall–Kier alpha value is -2.29. The topological polar surface area (TPSA) is 35.5 Å². The van der Waals surface area contributed by atoms with Crippen LogP contribution in [0.2, 0.25) is 0 Å². The van der Waals surface area contributed by atoms with Crippen molar-refractivity contribution in [1.82, 2.24) is 0 Å². The second-order valence-corrected chi connectivity index (χ2v) is 6.06. The van der Waals surface area contributed by atoms with Crippen LogP contribution in [0, 0.1) is 0 Å². The van der Waals surface area contributed by atoms with Gasteiger partial charge in [0.2, 0.25) is 0 Å². The van der Waals surface area contributed by atoms with Gasteiger partial charge in [-0.1, -0.05) is 37.3 Å². The number of aryl methyl sites for hydroxylation is 1. The Kier molecular flexibility index (Phi) is 3.88. The lowest BCUT2D eigenvalue weighted by Crippen LogP contribution is -2.33. The number of carbonyl (C=O) groups excluding carboxylic acids is 1. The lowest BCUT2D eigenvalue weighted by molar-refractivity contribution is -0.137. The molecule has 0 radical (unpaired) electrons. The van der Waals surface area contributed by atoms with E-state index >= 15 is 0 Å². The molecule has 0 unspecified atom stereocenters. The third kappa shape index (κ3) is 2.84. The summed E-state index contributed by atoms with van der Waals surface area (Å²) in [7, 11) is 1.65. The molecule has 0 saturated heterocycles. The molecule has 114 valence electrons. The molecule has 2 aromatic carbocycles. The molecule has 22 heavy (non-hydrogen) atoms. The van der Waals surface area contributed by atoms with Crippen molar-refractivity contribution < 1.29 is 14.3 Å². The smallest absolute Gasteiger partial charge is 0.312 e. The SMILES string of the molecule is COc1ccc2c(c1)[C@](C)(CCc1ccccc1)CC(=O)O2. The highest BCUT2D eigenvalue weighted by molar-refractivity contribution is 5.78. The van der Waals surface area contributed by atoms with Crippen molar-refractivity contribution >= 4 is 5.97 Å².